The van der Waals surface area contributed by atoms with E-state index in [0.717, 1.165) is 19.4 Å². The van der Waals surface area contributed by atoms with Gasteiger partial charge in [0.05, 0.1) is 11.4 Å². The van der Waals surface area contributed by atoms with Crippen LogP contribution in [0.15, 0.2) is 0 Å². The monoisotopic (exact) mass is 290 g/mol. The van der Waals surface area contributed by atoms with E-state index in [1.165, 1.54) is 12.8 Å². The molecule has 19 heavy (non-hydrogen) atoms. The first-order valence-corrected chi connectivity index (χ1v) is 8.89. The zero-order valence-corrected chi connectivity index (χ0v) is 12.8. The molecule has 0 radical (unpaired) electrons. The second kappa shape index (κ2) is 6.08. The van der Waals surface area contributed by atoms with E-state index in [1.54, 1.807) is 0 Å². The first kappa shape index (κ1) is 15.2. The lowest BCUT2D eigenvalue weighted by Gasteiger charge is -2.35. The van der Waals surface area contributed by atoms with Gasteiger partial charge in [-0.3, -0.25) is 0 Å². The van der Waals surface area contributed by atoms with Crippen LogP contribution in [0.4, 0.5) is 0 Å². The topological polar surface area (TPSA) is 67.4 Å². The molecule has 0 bridgehead atoms. The molecule has 2 rings (SSSR count). The quantitative estimate of drug-likeness (QED) is 0.687. The van der Waals surface area contributed by atoms with Gasteiger partial charge in [-0.25, -0.2) is 13.1 Å². The number of nitrogens with one attached hydrogen (secondary N) is 2. The van der Waals surface area contributed by atoms with Gasteiger partial charge >= 0.3 is 0 Å². The van der Waals surface area contributed by atoms with Crippen LogP contribution in [-0.2, 0) is 14.8 Å². The maximum atomic E-state index is 12.0. The van der Waals surface area contributed by atoms with Gasteiger partial charge < -0.3 is 10.1 Å². The van der Waals surface area contributed by atoms with E-state index in [9.17, 15) is 8.42 Å². The summed E-state index contributed by atoms with van der Waals surface area (Å²) in [5, 5.41) is 3.33. The van der Waals surface area contributed by atoms with Crippen LogP contribution in [0.5, 0.6) is 0 Å². The van der Waals surface area contributed by atoms with Crippen LogP contribution in [0.3, 0.4) is 0 Å². The van der Waals surface area contributed by atoms with E-state index >= 15 is 0 Å². The fourth-order valence-corrected chi connectivity index (χ4v) is 3.85. The third-order valence-corrected chi connectivity index (χ3v) is 5.16. The molecular formula is C13H26N2O3S. The molecule has 0 aromatic heterocycles. The summed E-state index contributed by atoms with van der Waals surface area (Å²) in [6, 6.07) is 0.664. The lowest BCUT2D eigenvalue weighted by molar-refractivity contribution is -0.0599. The van der Waals surface area contributed by atoms with E-state index in [2.05, 4.69) is 10.0 Å². The summed E-state index contributed by atoms with van der Waals surface area (Å²) in [7, 11) is -3.15. The highest BCUT2D eigenvalue weighted by Gasteiger charge is 2.31. The first-order chi connectivity index (χ1) is 8.86. The van der Waals surface area contributed by atoms with Crippen LogP contribution < -0.4 is 10.0 Å². The largest absolute Gasteiger partial charge is 0.375 e. The summed E-state index contributed by atoms with van der Waals surface area (Å²) < 4.78 is 32.4. The molecule has 1 aliphatic carbocycles. The Bertz CT molecular complexity index is 391. The number of hydrogen-bond donors (Lipinski definition) is 2. The van der Waals surface area contributed by atoms with Crippen molar-refractivity contribution < 1.29 is 13.2 Å². The van der Waals surface area contributed by atoms with Crippen molar-refractivity contribution >= 4 is 10.0 Å². The molecule has 5 nitrogen and oxygen atoms in total. The van der Waals surface area contributed by atoms with E-state index in [1.807, 2.05) is 13.8 Å². The van der Waals surface area contributed by atoms with E-state index in [4.69, 9.17) is 4.74 Å². The van der Waals surface area contributed by atoms with Gasteiger partial charge in [0.2, 0.25) is 10.0 Å². The molecule has 2 fully saturated rings. The summed E-state index contributed by atoms with van der Waals surface area (Å²) >= 11 is 0. The van der Waals surface area contributed by atoms with Crippen LogP contribution in [0.1, 0.15) is 46.0 Å². The lowest BCUT2D eigenvalue weighted by atomic mass is 9.95. The molecule has 1 unspecified atom stereocenters. The van der Waals surface area contributed by atoms with Gasteiger partial charge in [-0.15, -0.1) is 0 Å². The highest BCUT2D eigenvalue weighted by molar-refractivity contribution is 7.89. The summed E-state index contributed by atoms with van der Waals surface area (Å²) in [6.45, 7) is 5.44. The van der Waals surface area contributed by atoms with Gasteiger partial charge in [0.15, 0.2) is 0 Å². The van der Waals surface area contributed by atoms with Crippen molar-refractivity contribution in [2.75, 3.05) is 18.9 Å². The molecule has 0 amide bonds. The molecule has 2 aliphatic rings. The number of sulfonamides is 1. The minimum atomic E-state index is -3.15. The van der Waals surface area contributed by atoms with Crippen molar-refractivity contribution in [3.8, 4) is 0 Å². The van der Waals surface area contributed by atoms with Crippen molar-refractivity contribution in [2.24, 2.45) is 0 Å². The standard InChI is InChI=1S/C13H26N2O3S/c1-13(2)10-12(6-8-18-13)15-19(16,17)9-3-7-14-11-4-5-11/h11-12,14-15H,3-10H2,1-2H3. The van der Waals surface area contributed by atoms with Crippen LogP contribution >= 0.6 is 0 Å². The summed E-state index contributed by atoms with van der Waals surface area (Å²) in [4.78, 5) is 0. The summed E-state index contributed by atoms with van der Waals surface area (Å²) in [5.41, 5.74) is -0.223. The van der Waals surface area contributed by atoms with Crippen molar-refractivity contribution in [3.63, 3.8) is 0 Å². The number of rotatable bonds is 7. The predicted molar refractivity (Wildman–Crippen MR) is 75.6 cm³/mol. The zero-order valence-electron chi connectivity index (χ0n) is 11.9. The van der Waals surface area contributed by atoms with Gasteiger partial charge in [0, 0.05) is 18.7 Å². The molecule has 0 aromatic carbocycles. The van der Waals surface area contributed by atoms with E-state index in [-0.39, 0.29) is 17.4 Å². The molecule has 1 heterocycles. The molecular weight excluding hydrogens is 264 g/mol. The molecule has 2 N–H and O–H groups in total. The smallest absolute Gasteiger partial charge is 0.211 e. The van der Waals surface area contributed by atoms with Gasteiger partial charge in [0.1, 0.15) is 0 Å². The molecule has 1 aliphatic heterocycles. The Morgan fingerprint density at radius 3 is 2.58 bits per heavy atom. The molecule has 1 saturated carbocycles. The van der Waals surface area contributed by atoms with Crippen LogP contribution in [0, 0.1) is 0 Å². The first-order valence-electron chi connectivity index (χ1n) is 7.24. The van der Waals surface area contributed by atoms with Crippen LogP contribution in [0.2, 0.25) is 0 Å². The second-order valence-electron chi connectivity index (χ2n) is 6.32. The maximum Gasteiger partial charge on any atom is 0.211 e. The highest BCUT2D eigenvalue weighted by Crippen LogP contribution is 2.24. The molecule has 6 heteroatoms. The van der Waals surface area contributed by atoms with Crippen LogP contribution in [-0.4, -0.2) is 45.0 Å². The molecule has 1 atom stereocenters. The second-order valence-corrected chi connectivity index (χ2v) is 8.19. The van der Waals surface area contributed by atoms with Crippen molar-refractivity contribution in [1.29, 1.82) is 0 Å². The summed E-state index contributed by atoms with van der Waals surface area (Å²) in [5.74, 6) is 0.213. The van der Waals surface area contributed by atoms with E-state index in [0.29, 0.717) is 19.1 Å². The Balaban J connectivity index is 1.69. The Labute approximate surface area is 116 Å². The number of hydrogen-bond acceptors (Lipinski definition) is 4. The Hall–Kier alpha value is -0.170. The Kier molecular flexibility index (Phi) is 4.87. The molecule has 1 saturated heterocycles. The highest BCUT2D eigenvalue weighted by atomic mass is 32.2. The molecule has 112 valence electrons. The van der Waals surface area contributed by atoms with Crippen LogP contribution in [0.25, 0.3) is 0 Å². The third-order valence-electron chi connectivity index (χ3n) is 3.64. The van der Waals surface area contributed by atoms with Crippen molar-refractivity contribution in [2.45, 2.75) is 63.6 Å². The lowest BCUT2D eigenvalue weighted by Crippen LogP contribution is -2.46. The zero-order chi connectivity index (χ0) is 13.9. The van der Waals surface area contributed by atoms with Crippen molar-refractivity contribution in [1.82, 2.24) is 10.0 Å². The van der Waals surface area contributed by atoms with E-state index < -0.39 is 10.0 Å². The fraction of sp³-hybridized carbons (Fsp3) is 1.00. The predicted octanol–water partition coefficient (Wildman–Crippen LogP) is 1.01. The van der Waals surface area contributed by atoms with Gasteiger partial charge in [0.25, 0.3) is 0 Å². The minimum Gasteiger partial charge on any atom is -0.375 e. The normalized spacial score (nSPS) is 27.4. The van der Waals surface area contributed by atoms with Crippen molar-refractivity contribution in [3.05, 3.63) is 0 Å². The summed E-state index contributed by atoms with van der Waals surface area (Å²) in [6.07, 6.45) is 4.66. The molecule has 0 spiro atoms. The molecule has 0 aromatic rings. The van der Waals surface area contributed by atoms with Gasteiger partial charge in [-0.1, -0.05) is 0 Å². The third kappa shape index (κ3) is 5.77. The fourth-order valence-electron chi connectivity index (χ4n) is 2.50. The van der Waals surface area contributed by atoms with Gasteiger partial charge in [-0.2, -0.15) is 0 Å². The Morgan fingerprint density at radius 2 is 1.95 bits per heavy atom. The SMILES string of the molecule is CC1(C)CC(NS(=O)(=O)CCCNC2CC2)CCO1. The maximum absolute atomic E-state index is 12.0. The van der Waals surface area contributed by atoms with Gasteiger partial charge in [-0.05, 0) is 52.5 Å². The number of ether oxygens (including phenoxy) is 1. The average molecular weight is 290 g/mol. The Morgan fingerprint density at radius 1 is 1.21 bits per heavy atom. The minimum absolute atomic E-state index is 0.0186. The average Bonchev–Trinajstić information content (AvgIpc) is 3.06.